The van der Waals surface area contributed by atoms with Gasteiger partial charge in [0.15, 0.2) is 0 Å². The van der Waals surface area contributed by atoms with Gasteiger partial charge in [-0.3, -0.25) is 5.43 Å². The van der Waals surface area contributed by atoms with Crippen molar-refractivity contribution >= 4 is 34.3 Å². The maximum absolute atomic E-state index is 4.60. The fourth-order valence-electron chi connectivity index (χ4n) is 2.24. The molecule has 0 aliphatic heterocycles. The van der Waals surface area contributed by atoms with Gasteiger partial charge in [-0.1, -0.05) is 11.6 Å². The molecule has 0 bridgehead atoms. The molecule has 3 aromatic rings. The second kappa shape index (κ2) is 5.66. The maximum Gasteiger partial charge on any atom is 0.147 e. The number of anilines is 1. The molecule has 0 unspecified atom stereocenters. The van der Waals surface area contributed by atoms with E-state index in [1.54, 1.807) is 11.3 Å². The van der Waals surface area contributed by atoms with Crippen molar-refractivity contribution in [1.29, 1.82) is 0 Å². The molecule has 1 aromatic carbocycles. The molecule has 0 aliphatic carbocycles. The highest BCUT2D eigenvalue weighted by Gasteiger charge is 2.02. The lowest BCUT2D eigenvalue weighted by Gasteiger charge is -2.06. The first kappa shape index (κ1) is 13.8. The third-order valence-corrected chi connectivity index (χ3v) is 4.39. The molecule has 21 heavy (non-hydrogen) atoms. The lowest BCUT2D eigenvalue weighted by Crippen LogP contribution is -1.95. The van der Waals surface area contributed by atoms with Crippen LogP contribution in [0.5, 0.6) is 0 Å². The van der Waals surface area contributed by atoms with Gasteiger partial charge in [-0.15, -0.1) is 11.3 Å². The monoisotopic (exact) mass is 295 g/mol. The molecule has 0 spiro atoms. The Morgan fingerprint density at radius 3 is 2.71 bits per heavy atom. The molecule has 4 heteroatoms. The van der Waals surface area contributed by atoms with E-state index in [9.17, 15) is 0 Å². The fraction of sp³-hybridized carbons (Fsp3) is 0.176. The van der Waals surface area contributed by atoms with Crippen molar-refractivity contribution in [3.63, 3.8) is 0 Å². The number of hydrogen-bond acceptors (Lipinski definition) is 4. The summed E-state index contributed by atoms with van der Waals surface area (Å²) < 4.78 is 0. The summed E-state index contributed by atoms with van der Waals surface area (Å²) in [4.78, 5) is 5.76. The summed E-state index contributed by atoms with van der Waals surface area (Å²) in [6.45, 7) is 6.28. The van der Waals surface area contributed by atoms with Gasteiger partial charge in [0.2, 0.25) is 0 Å². The number of nitrogens with one attached hydrogen (secondary N) is 1. The van der Waals surface area contributed by atoms with Crippen LogP contribution in [0, 0.1) is 20.8 Å². The van der Waals surface area contributed by atoms with Crippen LogP contribution in [-0.4, -0.2) is 11.2 Å². The largest absolute Gasteiger partial charge is 0.261 e. The highest BCUT2D eigenvalue weighted by molar-refractivity contribution is 7.11. The maximum atomic E-state index is 4.60. The first-order chi connectivity index (χ1) is 10.1. The highest BCUT2D eigenvalue weighted by Crippen LogP contribution is 2.21. The number of benzene rings is 1. The summed E-state index contributed by atoms with van der Waals surface area (Å²) in [5, 5.41) is 7.54. The van der Waals surface area contributed by atoms with Crippen LogP contribution >= 0.6 is 11.3 Å². The standard InChI is InChI=1S/C17H17N3S/c1-11-4-5-15-14(8-11)13(3)9-17(19-15)20-18-10-16-12(2)6-7-21-16/h4-10H,1-3H3,(H,19,20)/b18-10+. The second-order valence-corrected chi connectivity index (χ2v) is 6.13. The van der Waals surface area contributed by atoms with Crippen LogP contribution in [0.2, 0.25) is 0 Å². The minimum atomic E-state index is 0.773. The molecule has 1 N–H and O–H groups in total. The Morgan fingerprint density at radius 1 is 1.10 bits per heavy atom. The van der Waals surface area contributed by atoms with Crippen molar-refractivity contribution in [3.8, 4) is 0 Å². The lowest BCUT2D eigenvalue weighted by molar-refractivity contribution is 1.25. The summed E-state index contributed by atoms with van der Waals surface area (Å²) >= 11 is 1.68. The van der Waals surface area contributed by atoms with E-state index in [0.717, 1.165) is 16.2 Å². The van der Waals surface area contributed by atoms with Crippen LogP contribution in [-0.2, 0) is 0 Å². The van der Waals surface area contributed by atoms with Crippen molar-refractivity contribution in [2.45, 2.75) is 20.8 Å². The van der Waals surface area contributed by atoms with E-state index in [0.29, 0.717) is 0 Å². The molecule has 3 nitrogen and oxygen atoms in total. The number of aromatic nitrogens is 1. The van der Waals surface area contributed by atoms with Gasteiger partial charge in [0.1, 0.15) is 5.82 Å². The Labute approximate surface area is 128 Å². The molecular weight excluding hydrogens is 278 g/mol. The van der Waals surface area contributed by atoms with Crippen molar-refractivity contribution in [3.05, 3.63) is 57.3 Å². The average Bonchev–Trinajstić information content (AvgIpc) is 2.85. The van der Waals surface area contributed by atoms with Crippen LogP contribution in [0.15, 0.2) is 40.8 Å². The molecule has 0 saturated carbocycles. The van der Waals surface area contributed by atoms with Gasteiger partial charge in [-0.2, -0.15) is 5.10 Å². The molecule has 3 rings (SSSR count). The summed E-state index contributed by atoms with van der Waals surface area (Å²) in [5.74, 6) is 0.773. The van der Waals surface area contributed by atoms with Gasteiger partial charge in [0.25, 0.3) is 0 Å². The van der Waals surface area contributed by atoms with E-state index in [4.69, 9.17) is 0 Å². The number of nitrogens with zero attached hydrogens (tertiary/aromatic N) is 2. The minimum Gasteiger partial charge on any atom is -0.261 e. The number of hydrazone groups is 1. The highest BCUT2D eigenvalue weighted by atomic mass is 32.1. The molecule has 0 fully saturated rings. The van der Waals surface area contributed by atoms with Gasteiger partial charge in [0, 0.05) is 10.3 Å². The van der Waals surface area contributed by atoms with Crippen LogP contribution in [0.4, 0.5) is 5.82 Å². The summed E-state index contributed by atoms with van der Waals surface area (Å²) in [6, 6.07) is 10.4. The number of rotatable bonds is 3. The molecule has 2 heterocycles. The van der Waals surface area contributed by atoms with Crippen molar-refractivity contribution in [2.24, 2.45) is 5.10 Å². The van der Waals surface area contributed by atoms with Crippen LogP contribution in [0.25, 0.3) is 10.9 Å². The topological polar surface area (TPSA) is 37.3 Å². The molecular formula is C17H17N3S. The van der Waals surface area contributed by atoms with Gasteiger partial charge >= 0.3 is 0 Å². The molecule has 0 atom stereocenters. The smallest absolute Gasteiger partial charge is 0.147 e. The summed E-state index contributed by atoms with van der Waals surface area (Å²) in [7, 11) is 0. The Morgan fingerprint density at radius 2 is 1.95 bits per heavy atom. The van der Waals surface area contributed by atoms with E-state index < -0.39 is 0 Å². The van der Waals surface area contributed by atoms with Crippen LogP contribution < -0.4 is 5.43 Å². The van der Waals surface area contributed by atoms with E-state index in [2.05, 4.69) is 65.9 Å². The van der Waals surface area contributed by atoms with E-state index in [1.807, 2.05) is 12.3 Å². The van der Waals surface area contributed by atoms with Crippen molar-refractivity contribution in [1.82, 2.24) is 4.98 Å². The van der Waals surface area contributed by atoms with Crippen LogP contribution in [0.3, 0.4) is 0 Å². The van der Waals surface area contributed by atoms with Gasteiger partial charge in [0.05, 0.1) is 11.7 Å². The molecule has 0 amide bonds. The van der Waals surface area contributed by atoms with E-state index >= 15 is 0 Å². The predicted molar refractivity (Wildman–Crippen MR) is 91.5 cm³/mol. The third-order valence-electron chi connectivity index (χ3n) is 3.43. The number of thiophene rings is 1. The second-order valence-electron chi connectivity index (χ2n) is 5.18. The zero-order valence-corrected chi connectivity index (χ0v) is 13.2. The third kappa shape index (κ3) is 2.95. The average molecular weight is 295 g/mol. The number of aryl methyl sites for hydroxylation is 3. The Bertz CT molecular complexity index is 818. The van der Waals surface area contributed by atoms with Gasteiger partial charge < -0.3 is 0 Å². The van der Waals surface area contributed by atoms with E-state index in [-0.39, 0.29) is 0 Å². The Balaban J connectivity index is 1.86. The first-order valence-electron chi connectivity index (χ1n) is 6.84. The quantitative estimate of drug-likeness (QED) is 0.563. The summed E-state index contributed by atoms with van der Waals surface area (Å²) in [6.07, 6.45) is 1.84. The molecule has 0 radical (unpaired) electrons. The fourth-order valence-corrected chi connectivity index (χ4v) is 3.03. The molecule has 0 aliphatic rings. The van der Waals surface area contributed by atoms with Crippen LogP contribution in [0.1, 0.15) is 21.6 Å². The normalized spacial score (nSPS) is 11.4. The first-order valence-corrected chi connectivity index (χ1v) is 7.72. The molecule has 106 valence electrons. The van der Waals surface area contributed by atoms with Gasteiger partial charge in [-0.05, 0) is 61.5 Å². The minimum absolute atomic E-state index is 0.773. The van der Waals surface area contributed by atoms with Crippen molar-refractivity contribution < 1.29 is 0 Å². The Kier molecular flexibility index (Phi) is 3.71. The zero-order chi connectivity index (χ0) is 14.8. The Hall–Kier alpha value is -2.20. The van der Waals surface area contributed by atoms with E-state index in [1.165, 1.54) is 22.1 Å². The number of pyridine rings is 1. The van der Waals surface area contributed by atoms with Gasteiger partial charge in [-0.25, -0.2) is 4.98 Å². The number of fused-ring (bicyclic) bond motifs is 1. The predicted octanol–water partition coefficient (Wildman–Crippen LogP) is 4.67. The lowest BCUT2D eigenvalue weighted by atomic mass is 10.1. The zero-order valence-electron chi connectivity index (χ0n) is 12.3. The SMILES string of the molecule is Cc1ccc2nc(N/N=C/c3sccc3C)cc(C)c2c1. The molecule has 0 saturated heterocycles. The summed E-state index contributed by atoms with van der Waals surface area (Å²) in [5.41, 5.74) is 7.71. The van der Waals surface area contributed by atoms with Crippen molar-refractivity contribution in [2.75, 3.05) is 5.43 Å². The number of hydrogen-bond donors (Lipinski definition) is 1. The molecule has 2 aromatic heterocycles.